The van der Waals surface area contributed by atoms with Crippen LogP contribution in [-0.2, 0) is 6.42 Å². The monoisotopic (exact) mass is 323 g/mol. The molecular weight excluding hydrogens is 306 g/mol. The maximum Gasteiger partial charge on any atom is 0.253 e. The van der Waals surface area contributed by atoms with Gasteiger partial charge in [0.1, 0.15) is 0 Å². The van der Waals surface area contributed by atoms with Crippen molar-refractivity contribution < 1.29 is 15.2 Å². The first kappa shape index (κ1) is 14.6. The Bertz CT molecular complexity index is 948. The number of nitrogens with one attached hydrogen (secondary N) is 1. The minimum atomic E-state index is -0.263. The third kappa shape index (κ3) is 2.04. The van der Waals surface area contributed by atoms with E-state index in [1.165, 1.54) is 11.3 Å². The van der Waals surface area contributed by atoms with Crippen molar-refractivity contribution in [3.05, 3.63) is 65.4 Å². The molecule has 2 aromatic carbocycles. The van der Waals surface area contributed by atoms with Crippen LogP contribution in [0.5, 0.6) is 0 Å². The molecule has 3 aromatic rings. The van der Waals surface area contributed by atoms with Gasteiger partial charge in [-0.1, -0.05) is 24.3 Å². The Balaban J connectivity index is 1.80. The molecule has 1 aliphatic rings. The van der Waals surface area contributed by atoms with E-state index in [4.69, 9.17) is 0 Å². The lowest BCUT2D eigenvalue weighted by atomic mass is 10.00. The number of para-hydroxylation sites is 1. The molecule has 4 rings (SSSR count). The molecule has 0 fully saturated rings. The maximum absolute atomic E-state index is 12.0. The van der Waals surface area contributed by atoms with Crippen molar-refractivity contribution in [2.45, 2.75) is 12.5 Å². The summed E-state index contributed by atoms with van der Waals surface area (Å²) >= 11 is 0. The molecule has 1 atom stereocenters. The summed E-state index contributed by atoms with van der Waals surface area (Å²) in [5.41, 5.74) is 3.72. The van der Waals surface area contributed by atoms with Crippen molar-refractivity contribution in [2.75, 3.05) is 12.1 Å². The highest BCUT2D eigenvalue weighted by Crippen LogP contribution is 2.39. The number of benzene rings is 2. The van der Waals surface area contributed by atoms with Crippen LogP contribution in [0.4, 0.5) is 5.69 Å². The molecule has 0 radical (unpaired) electrons. The van der Waals surface area contributed by atoms with Gasteiger partial charge in [0.05, 0.1) is 29.0 Å². The van der Waals surface area contributed by atoms with Gasteiger partial charge < -0.3 is 10.5 Å². The fourth-order valence-electron chi connectivity index (χ4n) is 3.38. The van der Waals surface area contributed by atoms with Crippen LogP contribution in [-0.4, -0.2) is 28.1 Å². The topological polar surface area (TPSA) is 77.7 Å². The zero-order chi connectivity index (χ0) is 16.8. The van der Waals surface area contributed by atoms with Gasteiger partial charge >= 0.3 is 0 Å². The normalized spacial score (nSPS) is 16.4. The summed E-state index contributed by atoms with van der Waals surface area (Å²) in [7, 11) is 1.55. The third-order valence-electron chi connectivity index (χ3n) is 4.61. The number of anilines is 1. The molecule has 6 heteroatoms. The standard InChI is InChI=1S/C18H17N3O3/c1-19-18(22)14-10-20(23)16-7-6-12(8-13(14)16)17-9-11-4-2-3-5-15(11)21(17)24/h2-8,10,17,23-24H,9H2,1H3,(H,19,22). The minimum absolute atomic E-state index is 0.216. The number of carbonyl (C=O) groups is 1. The highest BCUT2D eigenvalue weighted by molar-refractivity contribution is 6.07. The van der Waals surface area contributed by atoms with E-state index in [0.29, 0.717) is 22.9 Å². The summed E-state index contributed by atoms with van der Waals surface area (Å²) in [4.78, 5) is 12.0. The van der Waals surface area contributed by atoms with Crippen LogP contribution in [0.25, 0.3) is 10.9 Å². The first-order valence-corrected chi connectivity index (χ1v) is 7.72. The van der Waals surface area contributed by atoms with Crippen molar-refractivity contribution in [1.29, 1.82) is 0 Å². The predicted molar refractivity (Wildman–Crippen MR) is 89.7 cm³/mol. The number of rotatable bonds is 2. The first-order valence-electron chi connectivity index (χ1n) is 7.72. The second-order valence-electron chi connectivity index (χ2n) is 5.94. The Morgan fingerprint density at radius 2 is 2.00 bits per heavy atom. The molecule has 1 unspecified atom stereocenters. The van der Waals surface area contributed by atoms with E-state index < -0.39 is 0 Å². The number of hydrogen-bond donors (Lipinski definition) is 3. The van der Waals surface area contributed by atoms with Gasteiger partial charge in [-0.25, -0.2) is 5.06 Å². The van der Waals surface area contributed by atoms with Gasteiger partial charge in [-0.05, 0) is 29.3 Å². The highest BCUT2D eigenvalue weighted by Gasteiger charge is 2.30. The van der Waals surface area contributed by atoms with Crippen molar-refractivity contribution in [3.63, 3.8) is 0 Å². The van der Waals surface area contributed by atoms with E-state index in [1.54, 1.807) is 13.1 Å². The average molecular weight is 323 g/mol. The van der Waals surface area contributed by atoms with Crippen molar-refractivity contribution >= 4 is 22.5 Å². The average Bonchev–Trinajstić information content (AvgIpc) is 3.12. The SMILES string of the molecule is CNC(=O)c1cn(O)c2ccc(C3Cc4ccccc4N3O)cc12. The van der Waals surface area contributed by atoms with Gasteiger partial charge in [0.25, 0.3) is 5.91 Å². The molecule has 24 heavy (non-hydrogen) atoms. The van der Waals surface area contributed by atoms with Crippen LogP contribution in [0, 0.1) is 0 Å². The van der Waals surface area contributed by atoms with Crippen LogP contribution >= 0.6 is 0 Å². The Morgan fingerprint density at radius 1 is 1.21 bits per heavy atom. The molecule has 2 heterocycles. The summed E-state index contributed by atoms with van der Waals surface area (Å²) in [5.74, 6) is -0.263. The predicted octanol–water partition coefficient (Wildman–Crippen LogP) is 2.73. The Morgan fingerprint density at radius 3 is 2.75 bits per heavy atom. The van der Waals surface area contributed by atoms with Gasteiger partial charge in [0.2, 0.25) is 0 Å². The molecule has 1 aliphatic heterocycles. The lowest BCUT2D eigenvalue weighted by molar-refractivity contribution is 0.0962. The Kier molecular flexibility index (Phi) is 3.21. The Labute approximate surface area is 138 Å². The van der Waals surface area contributed by atoms with E-state index in [-0.39, 0.29) is 11.9 Å². The third-order valence-corrected chi connectivity index (χ3v) is 4.61. The lowest BCUT2D eigenvalue weighted by Crippen LogP contribution is -2.20. The van der Waals surface area contributed by atoms with Crippen LogP contribution in [0.3, 0.4) is 0 Å². The summed E-state index contributed by atoms with van der Waals surface area (Å²) in [6, 6.07) is 13.0. The fraction of sp³-hybridized carbons (Fsp3) is 0.167. The van der Waals surface area contributed by atoms with Gasteiger partial charge in [-0.15, -0.1) is 0 Å². The second-order valence-corrected chi connectivity index (χ2v) is 5.94. The lowest BCUT2D eigenvalue weighted by Gasteiger charge is -2.20. The molecule has 0 bridgehead atoms. The van der Waals surface area contributed by atoms with Gasteiger partial charge in [0.15, 0.2) is 0 Å². The molecule has 122 valence electrons. The molecule has 0 spiro atoms. The number of nitrogens with zero attached hydrogens (tertiary/aromatic N) is 2. The number of aromatic nitrogens is 1. The molecule has 0 saturated heterocycles. The van der Waals surface area contributed by atoms with Gasteiger partial charge in [0, 0.05) is 18.9 Å². The molecule has 1 amide bonds. The first-order chi connectivity index (χ1) is 11.6. The second kappa shape index (κ2) is 5.28. The van der Waals surface area contributed by atoms with Crippen molar-refractivity contribution in [1.82, 2.24) is 10.0 Å². The summed E-state index contributed by atoms with van der Waals surface area (Å²) in [5, 5.41) is 25.0. The van der Waals surface area contributed by atoms with Gasteiger partial charge in [-0.3, -0.25) is 10.0 Å². The molecule has 0 saturated carbocycles. The molecule has 1 aromatic heterocycles. The minimum Gasteiger partial charge on any atom is -0.428 e. The zero-order valence-corrected chi connectivity index (χ0v) is 13.1. The van der Waals surface area contributed by atoms with E-state index in [0.717, 1.165) is 21.5 Å². The molecule has 3 N–H and O–H groups in total. The van der Waals surface area contributed by atoms with Gasteiger partial charge in [-0.2, -0.15) is 4.73 Å². The van der Waals surface area contributed by atoms with Crippen LogP contribution in [0.1, 0.15) is 27.5 Å². The van der Waals surface area contributed by atoms with Crippen LogP contribution in [0.2, 0.25) is 0 Å². The number of fused-ring (bicyclic) bond motifs is 2. The molecule has 6 nitrogen and oxygen atoms in total. The molecule has 0 aliphatic carbocycles. The van der Waals surface area contributed by atoms with Crippen LogP contribution in [0.15, 0.2) is 48.7 Å². The maximum atomic E-state index is 12.0. The summed E-state index contributed by atoms with van der Waals surface area (Å²) in [6.45, 7) is 0. The summed E-state index contributed by atoms with van der Waals surface area (Å²) in [6.07, 6.45) is 2.08. The van der Waals surface area contributed by atoms with E-state index in [9.17, 15) is 15.2 Å². The summed E-state index contributed by atoms with van der Waals surface area (Å²) < 4.78 is 0.948. The number of amides is 1. The smallest absolute Gasteiger partial charge is 0.253 e. The highest BCUT2D eigenvalue weighted by atomic mass is 16.5. The largest absolute Gasteiger partial charge is 0.428 e. The fourth-order valence-corrected chi connectivity index (χ4v) is 3.38. The van der Waals surface area contributed by atoms with E-state index >= 15 is 0 Å². The van der Waals surface area contributed by atoms with Crippen molar-refractivity contribution in [3.8, 4) is 0 Å². The number of hydroxylamine groups is 1. The van der Waals surface area contributed by atoms with E-state index in [1.807, 2.05) is 36.4 Å². The zero-order valence-electron chi connectivity index (χ0n) is 13.1. The quantitative estimate of drug-likeness (QED) is 0.634. The Hall–Kier alpha value is -2.99. The van der Waals surface area contributed by atoms with Crippen molar-refractivity contribution in [2.24, 2.45) is 0 Å². The number of carbonyl (C=O) groups excluding carboxylic acids is 1. The van der Waals surface area contributed by atoms with Crippen LogP contribution < -0.4 is 10.4 Å². The molecular formula is C18H17N3O3. The van der Waals surface area contributed by atoms with E-state index in [2.05, 4.69) is 5.32 Å². The number of hydrogen-bond acceptors (Lipinski definition) is 4.